The van der Waals surface area contributed by atoms with Crippen molar-refractivity contribution in [2.75, 3.05) is 33.9 Å². The standard InChI is InChI=1S/C33H33F6NO6/c1-43-30(32(34,35)36,25-14-8-4-9-15-25)28(41)45-22-24-21-40(20-23-12-6-3-7-13-23)19-18-27(24)46-29(42)31(44-2,33(37,38)39)26-16-10-5-11-17-26/h3-17,24,27H,18-22H2,1-2H3/t24-,27-,30-,31-/m0/s1. The van der Waals surface area contributed by atoms with E-state index in [1.807, 2.05) is 35.2 Å². The first kappa shape index (κ1) is 34.9. The summed E-state index contributed by atoms with van der Waals surface area (Å²) < 4.78 is 107. The van der Waals surface area contributed by atoms with Crippen LogP contribution >= 0.6 is 0 Å². The van der Waals surface area contributed by atoms with Crippen LogP contribution in [0, 0.1) is 5.92 Å². The minimum atomic E-state index is -5.24. The second-order valence-corrected chi connectivity index (χ2v) is 10.8. The molecule has 0 aromatic heterocycles. The Labute approximate surface area is 262 Å². The Morgan fingerprint density at radius 2 is 1.17 bits per heavy atom. The smallest absolute Gasteiger partial charge is 0.432 e. The number of likely N-dealkylation sites (tertiary alicyclic amines) is 1. The summed E-state index contributed by atoms with van der Waals surface area (Å²) in [5.74, 6) is -4.54. The molecule has 0 N–H and O–H groups in total. The van der Waals surface area contributed by atoms with Gasteiger partial charge in [0, 0.05) is 50.9 Å². The van der Waals surface area contributed by atoms with Crippen molar-refractivity contribution in [2.45, 2.75) is 42.6 Å². The van der Waals surface area contributed by atoms with Gasteiger partial charge in [-0.05, 0) is 12.0 Å². The van der Waals surface area contributed by atoms with Crippen LogP contribution in [0.1, 0.15) is 23.1 Å². The lowest BCUT2D eigenvalue weighted by Crippen LogP contribution is -2.55. The van der Waals surface area contributed by atoms with Gasteiger partial charge in [0.2, 0.25) is 0 Å². The lowest BCUT2D eigenvalue weighted by molar-refractivity contribution is -0.280. The molecule has 1 saturated heterocycles. The van der Waals surface area contributed by atoms with Gasteiger partial charge in [-0.15, -0.1) is 0 Å². The van der Waals surface area contributed by atoms with E-state index in [0.29, 0.717) is 6.54 Å². The quantitative estimate of drug-likeness (QED) is 0.181. The molecule has 4 atom stereocenters. The molecule has 7 nitrogen and oxygen atoms in total. The Hall–Kier alpha value is -3.94. The van der Waals surface area contributed by atoms with Gasteiger partial charge in [0.1, 0.15) is 6.10 Å². The van der Waals surface area contributed by atoms with E-state index in [1.54, 1.807) is 0 Å². The Bertz CT molecular complexity index is 1440. The number of methoxy groups -OCH3 is 2. The van der Waals surface area contributed by atoms with Gasteiger partial charge in [-0.25, -0.2) is 9.59 Å². The molecule has 1 aliphatic rings. The number of hydrogen-bond donors (Lipinski definition) is 0. The number of halogens is 6. The number of carbonyl (C=O) groups excluding carboxylic acids is 2. The monoisotopic (exact) mass is 653 g/mol. The molecule has 13 heteroatoms. The molecule has 1 fully saturated rings. The van der Waals surface area contributed by atoms with Gasteiger partial charge < -0.3 is 18.9 Å². The van der Waals surface area contributed by atoms with E-state index in [-0.39, 0.29) is 19.5 Å². The summed E-state index contributed by atoms with van der Waals surface area (Å²) in [5, 5.41) is 0. The van der Waals surface area contributed by atoms with Crippen LogP contribution in [0.3, 0.4) is 0 Å². The van der Waals surface area contributed by atoms with Crippen LogP contribution < -0.4 is 0 Å². The molecule has 4 rings (SSSR count). The molecule has 1 heterocycles. The molecule has 3 aromatic carbocycles. The summed E-state index contributed by atoms with van der Waals surface area (Å²) in [6.45, 7) is -0.0411. The van der Waals surface area contributed by atoms with E-state index >= 15 is 0 Å². The Kier molecular flexibility index (Phi) is 10.8. The van der Waals surface area contributed by atoms with E-state index in [9.17, 15) is 35.9 Å². The number of benzene rings is 3. The second kappa shape index (κ2) is 14.2. The SMILES string of the molecule is CO[C@](C(=O)OC[C@@H]1CN(Cc2ccccc2)CC[C@@H]1OC(=O)[C@@](OC)(c1ccccc1)C(F)(F)F)(c1ccccc1)C(F)(F)F. The van der Waals surface area contributed by atoms with Crippen molar-refractivity contribution in [2.24, 2.45) is 5.92 Å². The molecule has 0 unspecified atom stereocenters. The van der Waals surface area contributed by atoms with Crippen molar-refractivity contribution in [3.8, 4) is 0 Å². The molecule has 0 amide bonds. The average Bonchev–Trinajstić information content (AvgIpc) is 3.02. The maximum absolute atomic E-state index is 14.5. The van der Waals surface area contributed by atoms with Gasteiger partial charge >= 0.3 is 24.3 Å². The predicted molar refractivity (Wildman–Crippen MR) is 153 cm³/mol. The topological polar surface area (TPSA) is 74.3 Å². The molecule has 0 radical (unpaired) electrons. The Morgan fingerprint density at radius 3 is 1.63 bits per heavy atom. The predicted octanol–water partition coefficient (Wildman–Crippen LogP) is 6.17. The van der Waals surface area contributed by atoms with Crippen LogP contribution in [0.5, 0.6) is 0 Å². The lowest BCUT2D eigenvalue weighted by Gasteiger charge is -2.40. The third-order valence-corrected chi connectivity index (χ3v) is 8.03. The fourth-order valence-corrected chi connectivity index (χ4v) is 5.67. The molecule has 0 spiro atoms. The number of carbonyl (C=O) groups is 2. The third kappa shape index (κ3) is 6.91. The van der Waals surface area contributed by atoms with E-state index in [0.717, 1.165) is 44.0 Å². The van der Waals surface area contributed by atoms with Crippen LogP contribution in [-0.4, -0.2) is 69.2 Å². The maximum Gasteiger partial charge on any atom is 0.432 e. The van der Waals surface area contributed by atoms with Gasteiger partial charge in [-0.1, -0.05) is 91.0 Å². The maximum atomic E-state index is 14.5. The molecule has 0 bridgehead atoms. The zero-order valence-corrected chi connectivity index (χ0v) is 25.0. The van der Waals surface area contributed by atoms with E-state index in [1.165, 1.54) is 36.4 Å². The van der Waals surface area contributed by atoms with Crippen LogP contribution in [0.15, 0.2) is 91.0 Å². The van der Waals surface area contributed by atoms with Gasteiger partial charge in [-0.2, -0.15) is 26.3 Å². The van der Waals surface area contributed by atoms with Crippen molar-refractivity contribution in [3.05, 3.63) is 108 Å². The van der Waals surface area contributed by atoms with E-state index < -0.39 is 65.2 Å². The molecule has 1 aliphatic heterocycles. The highest BCUT2D eigenvalue weighted by atomic mass is 19.4. The highest BCUT2D eigenvalue weighted by Crippen LogP contribution is 2.45. The Balaban J connectivity index is 1.63. The fourth-order valence-electron chi connectivity index (χ4n) is 5.67. The Morgan fingerprint density at radius 1 is 0.717 bits per heavy atom. The minimum absolute atomic E-state index is 0.000604. The number of alkyl halides is 6. The van der Waals surface area contributed by atoms with E-state index in [2.05, 4.69) is 0 Å². The summed E-state index contributed by atoms with van der Waals surface area (Å²) in [6.07, 6.45) is -11.7. The number of esters is 2. The van der Waals surface area contributed by atoms with Gasteiger partial charge in [0.25, 0.3) is 11.2 Å². The lowest BCUT2D eigenvalue weighted by atomic mass is 9.91. The summed E-state index contributed by atoms with van der Waals surface area (Å²) >= 11 is 0. The zero-order chi connectivity index (χ0) is 33.6. The van der Waals surface area contributed by atoms with E-state index in [4.69, 9.17) is 18.9 Å². The highest BCUT2D eigenvalue weighted by Gasteiger charge is 2.65. The molecule has 248 valence electrons. The summed E-state index contributed by atoms with van der Waals surface area (Å²) in [6, 6.07) is 21.6. The zero-order valence-electron chi connectivity index (χ0n) is 25.0. The highest BCUT2D eigenvalue weighted by molar-refractivity contribution is 5.83. The molecular formula is C33H33F6NO6. The third-order valence-electron chi connectivity index (χ3n) is 8.03. The molecule has 46 heavy (non-hydrogen) atoms. The molecule has 0 saturated carbocycles. The number of hydrogen-bond acceptors (Lipinski definition) is 7. The second-order valence-electron chi connectivity index (χ2n) is 10.8. The summed E-state index contributed by atoms with van der Waals surface area (Å²) in [5.41, 5.74) is -7.10. The van der Waals surface area contributed by atoms with Crippen LogP contribution in [-0.2, 0) is 46.3 Å². The largest absolute Gasteiger partial charge is 0.463 e. The number of nitrogens with zero attached hydrogens (tertiary/aromatic N) is 1. The first-order valence-corrected chi connectivity index (χ1v) is 14.3. The fraction of sp³-hybridized carbons (Fsp3) is 0.394. The molecule has 3 aromatic rings. The van der Waals surface area contributed by atoms with Crippen molar-refractivity contribution >= 4 is 11.9 Å². The van der Waals surface area contributed by atoms with Crippen LogP contribution in [0.25, 0.3) is 0 Å². The first-order valence-electron chi connectivity index (χ1n) is 14.3. The average molecular weight is 654 g/mol. The normalized spacial score (nSPS) is 20.3. The molecule has 0 aliphatic carbocycles. The van der Waals surface area contributed by atoms with Gasteiger partial charge in [-0.3, -0.25) is 4.90 Å². The first-order chi connectivity index (χ1) is 21.8. The van der Waals surface area contributed by atoms with Crippen LogP contribution in [0.2, 0.25) is 0 Å². The summed E-state index contributed by atoms with van der Waals surface area (Å²) in [4.78, 5) is 28.6. The van der Waals surface area contributed by atoms with Crippen molar-refractivity contribution in [1.29, 1.82) is 0 Å². The number of piperidine rings is 1. The van der Waals surface area contributed by atoms with Crippen molar-refractivity contribution < 1.29 is 54.9 Å². The van der Waals surface area contributed by atoms with Crippen LogP contribution in [0.4, 0.5) is 26.3 Å². The van der Waals surface area contributed by atoms with Crippen molar-refractivity contribution in [3.63, 3.8) is 0 Å². The number of rotatable bonds is 11. The van der Waals surface area contributed by atoms with Gasteiger partial charge in [0.05, 0.1) is 6.61 Å². The summed E-state index contributed by atoms with van der Waals surface area (Å²) in [7, 11) is 1.45. The number of ether oxygens (including phenoxy) is 4. The van der Waals surface area contributed by atoms with Gasteiger partial charge in [0.15, 0.2) is 0 Å². The van der Waals surface area contributed by atoms with Crippen molar-refractivity contribution in [1.82, 2.24) is 4.90 Å². The molecular weight excluding hydrogens is 620 g/mol. The minimum Gasteiger partial charge on any atom is -0.463 e.